The lowest BCUT2D eigenvalue weighted by atomic mass is 9.92. The van der Waals surface area contributed by atoms with Crippen LogP contribution in [0.5, 0.6) is 0 Å². The highest BCUT2D eigenvalue weighted by molar-refractivity contribution is 7.99. The van der Waals surface area contributed by atoms with Gasteiger partial charge in [0, 0.05) is 6.07 Å². The molecule has 0 spiro atoms. The van der Waals surface area contributed by atoms with Crippen LogP contribution in [0.3, 0.4) is 0 Å². The third-order valence-corrected chi connectivity index (χ3v) is 4.69. The van der Waals surface area contributed by atoms with Crippen LogP contribution in [-0.2, 0) is 4.79 Å². The number of aliphatic carboxylic acids is 1. The Hall–Kier alpha value is -2.22. The summed E-state index contributed by atoms with van der Waals surface area (Å²) in [6.07, 6.45) is 2.34. The van der Waals surface area contributed by atoms with Crippen LogP contribution in [0.4, 0.5) is 0 Å². The van der Waals surface area contributed by atoms with E-state index in [1.807, 2.05) is 0 Å². The van der Waals surface area contributed by atoms with E-state index in [1.54, 1.807) is 30.0 Å². The summed E-state index contributed by atoms with van der Waals surface area (Å²) in [4.78, 5) is 23.9. The zero-order chi connectivity index (χ0) is 15.6. The Labute approximate surface area is 130 Å². The molecule has 7 nitrogen and oxygen atoms in total. The van der Waals surface area contributed by atoms with Gasteiger partial charge in [0.25, 0.3) is 5.91 Å². The highest BCUT2D eigenvalue weighted by Gasteiger charge is 2.41. The minimum atomic E-state index is -1.20. The Morgan fingerprint density at radius 3 is 2.82 bits per heavy atom. The number of amides is 1. The normalized spacial score (nSPS) is 17.1. The van der Waals surface area contributed by atoms with Crippen LogP contribution in [-0.4, -0.2) is 44.2 Å². The van der Waals surface area contributed by atoms with Crippen LogP contribution >= 0.6 is 11.8 Å². The van der Waals surface area contributed by atoms with Crippen LogP contribution in [0.25, 0.3) is 11.5 Å². The zero-order valence-corrected chi connectivity index (χ0v) is 12.5. The van der Waals surface area contributed by atoms with Crippen molar-refractivity contribution in [1.82, 2.24) is 15.5 Å². The van der Waals surface area contributed by atoms with E-state index in [4.69, 9.17) is 4.42 Å². The lowest BCUT2D eigenvalue weighted by molar-refractivity contribution is -0.144. The molecule has 1 saturated heterocycles. The van der Waals surface area contributed by atoms with Gasteiger partial charge in [0.15, 0.2) is 11.5 Å². The summed E-state index contributed by atoms with van der Waals surface area (Å²) in [6.45, 7) is 0. The summed E-state index contributed by atoms with van der Waals surface area (Å²) < 4.78 is 5.22. The van der Waals surface area contributed by atoms with Crippen LogP contribution < -0.4 is 5.32 Å². The van der Waals surface area contributed by atoms with Crippen molar-refractivity contribution in [3.05, 3.63) is 30.2 Å². The van der Waals surface area contributed by atoms with Crippen LogP contribution in [0.15, 0.2) is 28.9 Å². The third-order valence-electron chi connectivity index (χ3n) is 3.71. The molecule has 0 atom stereocenters. The van der Waals surface area contributed by atoms with Crippen molar-refractivity contribution in [2.45, 2.75) is 18.4 Å². The van der Waals surface area contributed by atoms with Crippen molar-refractivity contribution < 1.29 is 19.1 Å². The van der Waals surface area contributed by atoms with Gasteiger partial charge in [0.1, 0.15) is 11.2 Å². The molecule has 0 aliphatic carbocycles. The van der Waals surface area contributed by atoms with Gasteiger partial charge >= 0.3 is 5.97 Å². The standard InChI is InChI=1S/C14H15N3O4S/c18-12(15-14(13(19)20)3-6-22-7-4-14)10-8-9(16-17-10)11-2-1-5-21-11/h1-2,5,8H,3-4,6-7H2,(H,15,18)(H,16,17)(H,19,20). The summed E-state index contributed by atoms with van der Waals surface area (Å²) in [5.41, 5.74) is -0.490. The van der Waals surface area contributed by atoms with Crippen molar-refractivity contribution in [3.63, 3.8) is 0 Å². The molecule has 3 rings (SSSR count). The number of carboxylic acids is 1. The molecule has 3 N–H and O–H groups in total. The molecule has 0 saturated carbocycles. The van der Waals surface area contributed by atoms with Crippen molar-refractivity contribution in [1.29, 1.82) is 0 Å². The van der Waals surface area contributed by atoms with Gasteiger partial charge in [-0.3, -0.25) is 9.89 Å². The number of thioether (sulfide) groups is 1. The summed E-state index contributed by atoms with van der Waals surface area (Å²) in [5, 5.41) is 18.8. The molecule has 1 aliphatic heterocycles. The molecule has 0 bridgehead atoms. The largest absolute Gasteiger partial charge is 0.480 e. The number of nitrogens with zero attached hydrogens (tertiary/aromatic N) is 1. The van der Waals surface area contributed by atoms with Crippen molar-refractivity contribution >= 4 is 23.6 Å². The lowest BCUT2D eigenvalue weighted by Crippen LogP contribution is -2.56. The van der Waals surface area contributed by atoms with Crippen LogP contribution in [0, 0.1) is 0 Å². The number of nitrogens with one attached hydrogen (secondary N) is 2. The Morgan fingerprint density at radius 1 is 1.41 bits per heavy atom. The number of aromatic nitrogens is 2. The van der Waals surface area contributed by atoms with Gasteiger partial charge in [-0.1, -0.05) is 0 Å². The SMILES string of the molecule is O=C(NC1(C(=O)O)CCSCC1)c1cc(-c2ccco2)[nH]n1. The number of carbonyl (C=O) groups excluding carboxylic acids is 1. The quantitative estimate of drug-likeness (QED) is 0.791. The minimum Gasteiger partial charge on any atom is -0.480 e. The van der Waals surface area contributed by atoms with E-state index in [-0.39, 0.29) is 5.69 Å². The molecule has 0 radical (unpaired) electrons. The molecule has 1 aliphatic rings. The van der Waals surface area contributed by atoms with E-state index in [2.05, 4.69) is 15.5 Å². The zero-order valence-electron chi connectivity index (χ0n) is 11.7. The summed E-state index contributed by atoms with van der Waals surface area (Å²) >= 11 is 1.69. The third kappa shape index (κ3) is 2.74. The first-order valence-corrected chi connectivity index (χ1v) is 7.99. The maximum Gasteiger partial charge on any atom is 0.329 e. The van der Waals surface area contributed by atoms with Crippen molar-refractivity contribution in [2.24, 2.45) is 0 Å². The number of hydrogen-bond acceptors (Lipinski definition) is 5. The molecule has 22 heavy (non-hydrogen) atoms. The molecule has 0 unspecified atom stereocenters. The molecule has 1 fully saturated rings. The van der Waals surface area contributed by atoms with Gasteiger partial charge in [0.05, 0.1) is 6.26 Å². The first kappa shape index (κ1) is 14.7. The average molecular weight is 321 g/mol. The number of aromatic amines is 1. The predicted octanol–water partition coefficient (Wildman–Crippen LogP) is 1.75. The Balaban J connectivity index is 1.77. The highest BCUT2D eigenvalue weighted by Crippen LogP contribution is 2.28. The molecule has 8 heteroatoms. The van der Waals surface area contributed by atoms with E-state index in [1.165, 1.54) is 6.26 Å². The van der Waals surface area contributed by atoms with E-state index in [0.29, 0.717) is 35.8 Å². The molecule has 2 aromatic rings. The second-order valence-electron chi connectivity index (χ2n) is 5.10. The second kappa shape index (κ2) is 5.88. The Bertz CT molecular complexity index is 674. The molecule has 0 aromatic carbocycles. The van der Waals surface area contributed by atoms with Crippen molar-refractivity contribution in [3.8, 4) is 11.5 Å². The van der Waals surface area contributed by atoms with Gasteiger partial charge in [-0.2, -0.15) is 16.9 Å². The molecule has 1 amide bonds. The van der Waals surface area contributed by atoms with Gasteiger partial charge in [0.2, 0.25) is 0 Å². The second-order valence-corrected chi connectivity index (χ2v) is 6.32. The number of hydrogen-bond donors (Lipinski definition) is 3. The fourth-order valence-electron chi connectivity index (χ4n) is 2.39. The highest BCUT2D eigenvalue weighted by atomic mass is 32.2. The summed E-state index contributed by atoms with van der Waals surface area (Å²) in [7, 11) is 0. The fourth-order valence-corrected chi connectivity index (χ4v) is 3.58. The fraction of sp³-hybridized carbons (Fsp3) is 0.357. The van der Waals surface area contributed by atoms with Crippen LogP contribution in [0.2, 0.25) is 0 Å². The van der Waals surface area contributed by atoms with E-state index in [9.17, 15) is 14.7 Å². The summed E-state index contributed by atoms with van der Waals surface area (Å²) in [5.74, 6) is 0.495. The number of carboxylic acid groups (broad SMARTS) is 1. The van der Waals surface area contributed by atoms with Gasteiger partial charge in [-0.05, 0) is 36.5 Å². The topological polar surface area (TPSA) is 108 Å². The minimum absolute atomic E-state index is 0.144. The number of H-pyrrole nitrogens is 1. The van der Waals surface area contributed by atoms with E-state index >= 15 is 0 Å². The molecule has 116 valence electrons. The first-order chi connectivity index (χ1) is 10.6. The van der Waals surface area contributed by atoms with Crippen LogP contribution in [0.1, 0.15) is 23.3 Å². The van der Waals surface area contributed by atoms with E-state index in [0.717, 1.165) is 0 Å². The van der Waals surface area contributed by atoms with Gasteiger partial charge in [-0.25, -0.2) is 4.79 Å². The Morgan fingerprint density at radius 2 is 2.18 bits per heavy atom. The maximum atomic E-state index is 12.3. The molecule has 3 heterocycles. The monoisotopic (exact) mass is 321 g/mol. The lowest BCUT2D eigenvalue weighted by Gasteiger charge is -2.33. The summed E-state index contributed by atoms with van der Waals surface area (Å²) in [6, 6.07) is 5.02. The molecule has 2 aromatic heterocycles. The van der Waals surface area contributed by atoms with Gasteiger partial charge in [-0.15, -0.1) is 0 Å². The molecular formula is C14H15N3O4S. The first-order valence-electron chi connectivity index (χ1n) is 6.84. The predicted molar refractivity (Wildman–Crippen MR) is 80.7 cm³/mol. The van der Waals surface area contributed by atoms with E-state index < -0.39 is 17.4 Å². The molecular weight excluding hydrogens is 306 g/mol. The number of furan rings is 1. The maximum absolute atomic E-state index is 12.3. The number of rotatable bonds is 4. The van der Waals surface area contributed by atoms with Crippen molar-refractivity contribution in [2.75, 3.05) is 11.5 Å². The average Bonchev–Trinajstić information content (AvgIpc) is 3.19. The number of carbonyl (C=O) groups is 2. The Kier molecular flexibility index (Phi) is 3.93. The smallest absolute Gasteiger partial charge is 0.329 e. The van der Waals surface area contributed by atoms with Gasteiger partial charge < -0.3 is 14.8 Å².